The van der Waals surface area contributed by atoms with Crippen molar-refractivity contribution in [2.24, 2.45) is 0 Å². The number of morpholine rings is 1. The maximum Gasteiger partial charge on any atom is 0.266 e. The van der Waals surface area contributed by atoms with E-state index in [9.17, 15) is 9.59 Å². The fourth-order valence-corrected chi connectivity index (χ4v) is 4.46. The number of aldehydes is 1. The number of carbonyl (C=O) groups is 2. The molecule has 0 atom stereocenters. The van der Waals surface area contributed by atoms with Gasteiger partial charge in [0.25, 0.3) is 5.91 Å². The number of aryl methyl sites for hydroxylation is 1. The summed E-state index contributed by atoms with van der Waals surface area (Å²) in [5, 5.41) is 0.763. The summed E-state index contributed by atoms with van der Waals surface area (Å²) in [6.07, 6.45) is 4.62. The van der Waals surface area contributed by atoms with Gasteiger partial charge in [-0.05, 0) is 30.2 Å². The van der Waals surface area contributed by atoms with E-state index in [1.54, 1.807) is 13.2 Å². The smallest absolute Gasteiger partial charge is 0.266 e. The number of aromatic nitrogens is 1. The van der Waals surface area contributed by atoms with Crippen molar-refractivity contribution in [3.05, 3.63) is 45.6 Å². The SMILES string of the molecule is COc1ccc2c(c1C=O)C=CN(c1nc(C)c(C(=O)N3CCOCC3)s1)C2. The van der Waals surface area contributed by atoms with Crippen molar-refractivity contribution in [1.82, 2.24) is 9.88 Å². The first-order chi connectivity index (χ1) is 13.6. The molecule has 0 N–H and O–H groups in total. The first kappa shape index (κ1) is 18.6. The standard InChI is InChI=1S/C20H21N3O4S/c1-13-18(19(25)22-7-9-27-10-8-22)28-20(21-13)23-6-5-15-14(11-23)3-4-17(26-2)16(15)12-24/h3-6,12H,7-11H2,1-2H3. The second-order valence-electron chi connectivity index (χ2n) is 6.63. The van der Waals surface area contributed by atoms with Crippen LogP contribution in [0.2, 0.25) is 0 Å². The molecule has 0 aliphatic carbocycles. The number of anilines is 1. The van der Waals surface area contributed by atoms with Gasteiger partial charge in [0, 0.05) is 19.3 Å². The van der Waals surface area contributed by atoms with E-state index in [0.29, 0.717) is 49.0 Å². The van der Waals surface area contributed by atoms with Crippen LogP contribution in [0.5, 0.6) is 5.75 Å². The molecule has 1 aromatic carbocycles. The Morgan fingerprint density at radius 2 is 2.11 bits per heavy atom. The first-order valence-corrected chi connectivity index (χ1v) is 9.88. The summed E-state index contributed by atoms with van der Waals surface area (Å²) in [6, 6.07) is 3.76. The van der Waals surface area contributed by atoms with E-state index in [1.165, 1.54) is 11.3 Å². The molecule has 0 spiro atoms. The van der Waals surface area contributed by atoms with E-state index < -0.39 is 0 Å². The minimum absolute atomic E-state index is 0.0129. The number of rotatable bonds is 4. The molecule has 28 heavy (non-hydrogen) atoms. The molecule has 2 aliphatic heterocycles. The van der Waals surface area contributed by atoms with E-state index in [0.717, 1.165) is 28.2 Å². The van der Waals surface area contributed by atoms with Crippen LogP contribution in [0, 0.1) is 6.92 Å². The van der Waals surface area contributed by atoms with Crippen molar-refractivity contribution >= 4 is 34.7 Å². The Bertz CT molecular complexity index is 947. The van der Waals surface area contributed by atoms with Gasteiger partial charge < -0.3 is 19.3 Å². The predicted molar refractivity (Wildman–Crippen MR) is 107 cm³/mol. The van der Waals surface area contributed by atoms with Crippen LogP contribution < -0.4 is 9.64 Å². The summed E-state index contributed by atoms with van der Waals surface area (Å²) in [4.78, 5) is 33.4. The molecule has 1 aromatic heterocycles. The first-order valence-electron chi connectivity index (χ1n) is 9.06. The molecule has 4 rings (SSSR count). The van der Waals surface area contributed by atoms with E-state index in [1.807, 2.05) is 35.1 Å². The topological polar surface area (TPSA) is 72.0 Å². The van der Waals surface area contributed by atoms with E-state index >= 15 is 0 Å². The maximum atomic E-state index is 12.8. The minimum atomic E-state index is 0.0129. The molecule has 0 unspecified atom stereocenters. The second kappa shape index (κ2) is 7.73. The summed E-state index contributed by atoms with van der Waals surface area (Å²) < 4.78 is 10.6. The third kappa shape index (κ3) is 3.29. The average molecular weight is 399 g/mol. The summed E-state index contributed by atoms with van der Waals surface area (Å²) in [6.45, 7) is 4.81. The van der Waals surface area contributed by atoms with Gasteiger partial charge in [0.1, 0.15) is 10.6 Å². The number of amides is 1. The third-order valence-corrected chi connectivity index (χ3v) is 6.14. The quantitative estimate of drug-likeness (QED) is 0.736. The van der Waals surface area contributed by atoms with Gasteiger partial charge in [0.05, 0.1) is 38.1 Å². The molecule has 1 fully saturated rings. The summed E-state index contributed by atoms with van der Waals surface area (Å²) in [5.41, 5.74) is 3.16. The van der Waals surface area contributed by atoms with E-state index in [4.69, 9.17) is 9.47 Å². The minimum Gasteiger partial charge on any atom is -0.496 e. The van der Waals surface area contributed by atoms with Crippen LogP contribution >= 0.6 is 11.3 Å². The number of ether oxygens (including phenoxy) is 2. The number of methoxy groups -OCH3 is 1. The Morgan fingerprint density at radius 3 is 2.82 bits per heavy atom. The molecule has 2 aliphatic rings. The van der Waals surface area contributed by atoms with Gasteiger partial charge in [-0.25, -0.2) is 4.98 Å². The summed E-state index contributed by atoms with van der Waals surface area (Å²) in [5.74, 6) is 0.578. The highest BCUT2D eigenvalue weighted by molar-refractivity contribution is 7.17. The van der Waals surface area contributed by atoms with Crippen LogP contribution in [0.25, 0.3) is 6.08 Å². The van der Waals surface area contributed by atoms with Gasteiger partial charge in [-0.3, -0.25) is 9.59 Å². The number of nitrogens with zero attached hydrogens (tertiary/aromatic N) is 3. The molecule has 1 saturated heterocycles. The highest BCUT2D eigenvalue weighted by atomic mass is 32.1. The Morgan fingerprint density at radius 1 is 1.32 bits per heavy atom. The predicted octanol–water partition coefficient (Wildman–Crippen LogP) is 2.74. The lowest BCUT2D eigenvalue weighted by Gasteiger charge is -2.26. The van der Waals surface area contributed by atoms with Gasteiger partial charge in [-0.15, -0.1) is 0 Å². The molecule has 0 saturated carbocycles. The maximum absolute atomic E-state index is 12.8. The number of carbonyl (C=O) groups excluding carboxylic acids is 2. The number of hydrogen-bond donors (Lipinski definition) is 0. The van der Waals surface area contributed by atoms with Crippen molar-refractivity contribution in [2.45, 2.75) is 13.5 Å². The lowest BCUT2D eigenvalue weighted by atomic mass is 9.98. The van der Waals surface area contributed by atoms with Crippen molar-refractivity contribution in [1.29, 1.82) is 0 Å². The van der Waals surface area contributed by atoms with Gasteiger partial charge in [0.2, 0.25) is 0 Å². The van der Waals surface area contributed by atoms with Gasteiger partial charge in [-0.1, -0.05) is 17.4 Å². The fourth-order valence-electron chi connectivity index (χ4n) is 3.44. The monoisotopic (exact) mass is 399 g/mol. The molecule has 3 heterocycles. The number of thiazole rings is 1. The zero-order chi connectivity index (χ0) is 19.7. The highest BCUT2D eigenvalue weighted by Crippen LogP contribution is 2.34. The van der Waals surface area contributed by atoms with Crippen LogP contribution in [-0.4, -0.2) is 55.5 Å². The molecular weight excluding hydrogens is 378 g/mol. The van der Waals surface area contributed by atoms with Crippen molar-refractivity contribution < 1.29 is 19.1 Å². The summed E-state index contributed by atoms with van der Waals surface area (Å²) >= 11 is 1.40. The summed E-state index contributed by atoms with van der Waals surface area (Å²) in [7, 11) is 1.55. The van der Waals surface area contributed by atoms with Crippen LogP contribution in [0.15, 0.2) is 18.3 Å². The molecule has 1 amide bonds. The van der Waals surface area contributed by atoms with Crippen LogP contribution in [0.3, 0.4) is 0 Å². The zero-order valence-corrected chi connectivity index (χ0v) is 16.6. The van der Waals surface area contributed by atoms with Gasteiger partial charge in [0.15, 0.2) is 11.4 Å². The Labute approximate surface area is 167 Å². The molecule has 7 nitrogen and oxygen atoms in total. The van der Waals surface area contributed by atoms with E-state index in [2.05, 4.69) is 4.98 Å². The van der Waals surface area contributed by atoms with Crippen LogP contribution in [0.1, 0.15) is 36.9 Å². The second-order valence-corrected chi connectivity index (χ2v) is 7.61. The largest absolute Gasteiger partial charge is 0.496 e. The van der Waals surface area contributed by atoms with Crippen molar-refractivity contribution in [3.8, 4) is 5.75 Å². The lowest BCUT2D eigenvalue weighted by molar-refractivity contribution is 0.0305. The highest BCUT2D eigenvalue weighted by Gasteiger charge is 2.25. The molecule has 8 heteroatoms. The lowest BCUT2D eigenvalue weighted by Crippen LogP contribution is -2.40. The number of fused-ring (bicyclic) bond motifs is 1. The molecule has 2 aromatic rings. The Hall–Kier alpha value is -2.71. The van der Waals surface area contributed by atoms with Crippen molar-refractivity contribution in [2.75, 3.05) is 38.3 Å². The number of benzene rings is 1. The fraction of sp³-hybridized carbons (Fsp3) is 0.350. The van der Waals surface area contributed by atoms with Crippen LogP contribution in [-0.2, 0) is 11.3 Å². The normalized spacial score (nSPS) is 16.1. The van der Waals surface area contributed by atoms with E-state index in [-0.39, 0.29) is 5.91 Å². The Kier molecular flexibility index (Phi) is 5.15. The zero-order valence-electron chi connectivity index (χ0n) is 15.8. The molecule has 0 bridgehead atoms. The van der Waals surface area contributed by atoms with Crippen molar-refractivity contribution in [3.63, 3.8) is 0 Å². The molecule has 0 radical (unpaired) electrons. The average Bonchev–Trinajstić information content (AvgIpc) is 3.14. The Balaban J connectivity index is 1.59. The number of hydrogen-bond acceptors (Lipinski definition) is 7. The molecule has 146 valence electrons. The van der Waals surface area contributed by atoms with Gasteiger partial charge >= 0.3 is 0 Å². The van der Waals surface area contributed by atoms with Gasteiger partial charge in [-0.2, -0.15) is 0 Å². The molecular formula is C20H21N3O4S. The van der Waals surface area contributed by atoms with Crippen LogP contribution in [0.4, 0.5) is 5.13 Å². The third-order valence-electron chi connectivity index (χ3n) is 4.96.